The van der Waals surface area contributed by atoms with Gasteiger partial charge in [0.15, 0.2) is 0 Å². The third kappa shape index (κ3) is 2.04. The summed E-state index contributed by atoms with van der Waals surface area (Å²) in [5.74, 6) is 1.24. The van der Waals surface area contributed by atoms with Gasteiger partial charge in [0.2, 0.25) is 5.88 Å². The highest BCUT2D eigenvalue weighted by Crippen LogP contribution is 2.24. The lowest BCUT2D eigenvalue weighted by atomic mass is 10.3. The van der Waals surface area contributed by atoms with Crippen LogP contribution in [0.1, 0.15) is 11.3 Å². The van der Waals surface area contributed by atoms with Crippen LogP contribution in [-0.4, -0.2) is 19.9 Å². The van der Waals surface area contributed by atoms with Crippen LogP contribution < -0.4 is 4.74 Å². The first-order valence-corrected chi connectivity index (χ1v) is 4.93. The van der Waals surface area contributed by atoms with Crippen LogP contribution in [0.3, 0.4) is 0 Å². The fourth-order valence-electron chi connectivity index (χ4n) is 1.43. The predicted molar refractivity (Wildman–Crippen MR) is 58.2 cm³/mol. The second-order valence-corrected chi connectivity index (χ2v) is 3.49. The Morgan fingerprint density at radius 1 is 1.50 bits per heavy atom. The molecule has 0 spiro atoms. The molecular formula is C11H13N3O2. The van der Waals surface area contributed by atoms with Crippen LogP contribution in [-0.2, 0) is 13.7 Å². The van der Waals surface area contributed by atoms with Gasteiger partial charge in [-0.05, 0) is 13.0 Å². The van der Waals surface area contributed by atoms with E-state index in [4.69, 9.17) is 9.84 Å². The lowest BCUT2D eigenvalue weighted by molar-refractivity contribution is 0.275. The molecule has 0 amide bonds. The smallest absolute Gasteiger partial charge is 0.217 e. The first kappa shape index (κ1) is 10.6. The van der Waals surface area contributed by atoms with Gasteiger partial charge in [-0.3, -0.25) is 4.98 Å². The molecule has 0 aliphatic carbocycles. The van der Waals surface area contributed by atoms with Gasteiger partial charge in [0.25, 0.3) is 0 Å². The lowest BCUT2D eigenvalue weighted by Crippen LogP contribution is -1.98. The third-order valence-electron chi connectivity index (χ3n) is 2.20. The normalized spacial score (nSPS) is 10.4. The molecule has 5 nitrogen and oxygen atoms in total. The number of rotatable bonds is 3. The highest BCUT2D eigenvalue weighted by molar-refractivity contribution is 5.33. The van der Waals surface area contributed by atoms with Crippen molar-refractivity contribution in [1.29, 1.82) is 0 Å². The summed E-state index contributed by atoms with van der Waals surface area (Å²) in [6.07, 6.45) is 3.20. The van der Waals surface area contributed by atoms with Gasteiger partial charge in [-0.25, -0.2) is 4.68 Å². The monoisotopic (exact) mass is 219 g/mol. The summed E-state index contributed by atoms with van der Waals surface area (Å²) in [4.78, 5) is 3.92. The van der Waals surface area contributed by atoms with Crippen molar-refractivity contribution in [3.63, 3.8) is 0 Å². The number of hydrogen-bond donors (Lipinski definition) is 1. The van der Waals surface area contributed by atoms with E-state index in [1.54, 1.807) is 23.1 Å². The largest absolute Gasteiger partial charge is 0.439 e. The van der Waals surface area contributed by atoms with Gasteiger partial charge in [-0.15, -0.1) is 0 Å². The van der Waals surface area contributed by atoms with Gasteiger partial charge >= 0.3 is 0 Å². The van der Waals surface area contributed by atoms with Gasteiger partial charge in [-0.2, -0.15) is 5.10 Å². The average molecular weight is 219 g/mol. The molecule has 0 radical (unpaired) electrons. The van der Waals surface area contributed by atoms with Crippen LogP contribution in [0.4, 0.5) is 0 Å². The number of aryl methyl sites for hydroxylation is 2. The van der Waals surface area contributed by atoms with Crippen molar-refractivity contribution in [2.75, 3.05) is 0 Å². The minimum absolute atomic E-state index is 0.0972. The Labute approximate surface area is 93.3 Å². The second-order valence-electron chi connectivity index (χ2n) is 3.49. The number of aliphatic hydroxyl groups excluding tert-OH is 1. The molecule has 5 heteroatoms. The topological polar surface area (TPSA) is 60.2 Å². The van der Waals surface area contributed by atoms with Crippen LogP contribution in [0, 0.1) is 6.92 Å². The molecule has 0 unspecified atom stereocenters. The maximum absolute atomic E-state index is 9.13. The van der Waals surface area contributed by atoms with Crippen molar-refractivity contribution in [2.45, 2.75) is 13.5 Å². The third-order valence-corrected chi connectivity index (χ3v) is 2.20. The number of pyridine rings is 1. The summed E-state index contributed by atoms with van der Waals surface area (Å²) < 4.78 is 7.30. The Balaban J connectivity index is 2.30. The SMILES string of the molecule is Cc1cc(Oc2ccncc2CO)n(C)n1. The van der Waals surface area contributed by atoms with E-state index in [2.05, 4.69) is 10.1 Å². The molecule has 2 rings (SSSR count). The van der Waals surface area contributed by atoms with Crippen LogP contribution >= 0.6 is 0 Å². The van der Waals surface area contributed by atoms with E-state index in [1.165, 1.54) is 0 Å². The Kier molecular flexibility index (Phi) is 2.87. The van der Waals surface area contributed by atoms with E-state index >= 15 is 0 Å². The summed E-state index contributed by atoms with van der Waals surface area (Å²) in [5.41, 5.74) is 1.54. The van der Waals surface area contributed by atoms with Gasteiger partial charge in [0.05, 0.1) is 12.3 Å². The highest BCUT2D eigenvalue weighted by atomic mass is 16.5. The number of nitrogens with zero attached hydrogens (tertiary/aromatic N) is 3. The zero-order valence-electron chi connectivity index (χ0n) is 9.21. The van der Waals surface area contributed by atoms with Gasteiger partial charge in [-0.1, -0.05) is 0 Å². The molecule has 16 heavy (non-hydrogen) atoms. The molecule has 0 atom stereocenters. The molecule has 1 N–H and O–H groups in total. The summed E-state index contributed by atoms with van der Waals surface area (Å²) in [6, 6.07) is 3.55. The number of hydrogen-bond acceptors (Lipinski definition) is 4. The van der Waals surface area contributed by atoms with E-state index < -0.39 is 0 Å². The van der Waals surface area contributed by atoms with Crippen LogP contribution in [0.25, 0.3) is 0 Å². The van der Waals surface area contributed by atoms with Crippen LogP contribution in [0.5, 0.6) is 11.6 Å². The molecule has 0 aromatic carbocycles. The van der Waals surface area contributed by atoms with Crippen molar-refractivity contribution in [2.24, 2.45) is 7.05 Å². The molecule has 2 heterocycles. The summed E-state index contributed by atoms with van der Waals surface area (Å²) in [5, 5.41) is 13.3. The second kappa shape index (κ2) is 4.32. The molecule has 0 saturated carbocycles. The van der Waals surface area contributed by atoms with E-state index in [0.29, 0.717) is 17.2 Å². The molecule has 0 fully saturated rings. The van der Waals surface area contributed by atoms with E-state index in [9.17, 15) is 0 Å². The van der Waals surface area contributed by atoms with Crippen molar-refractivity contribution >= 4 is 0 Å². The minimum Gasteiger partial charge on any atom is -0.439 e. The summed E-state index contributed by atoms with van der Waals surface area (Å²) in [6.45, 7) is 1.80. The van der Waals surface area contributed by atoms with Gasteiger partial charge in [0.1, 0.15) is 5.75 Å². The molecule has 0 bridgehead atoms. The average Bonchev–Trinajstić information content (AvgIpc) is 2.58. The summed E-state index contributed by atoms with van der Waals surface area (Å²) >= 11 is 0. The fourth-order valence-corrected chi connectivity index (χ4v) is 1.43. The minimum atomic E-state index is -0.0972. The Hall–Kier alpha value is -1.88. The van der Waals surface area contributed by atoms with E-state index in [1.807, 2.05) is 20.0 Å². The van der Waals surface area contributed by atoms with Crippen molar-refractivity contribution in [3.8, 4) is 11.6 Å². The van der Waals surface area contributed by atoms with Crippen molar-refractivity contribution < 1.29 is 9.84 Å². The Morgan fingerprint density at radius 3 is 2.94 bits per heavy atom. The van der Waals surface area contributed by atoms with Gasteiger partial charge < -0.3 is 9.84 Å². The lowest BCUT2D eigenvalue weighted by Gasteiger charge is -2.08. The standard InChI is InChI=1S/C11H13N3O2/c1-8-5-11(14(2)13-8)16-10-3-4-12-6-9(10)7-15/h3-6,15H,7H2,1-2H3. The molecule has 0 aliphatic heterocycles. The Bertz CT molecular complexity index is 494. The number of ether oxygens (including phenoxy) is 1. The molecule has 2 aromatic rings. The molecule has 2 aromatic heterocycles. The fraction of sp³-hybridized carbons (Fsp3) is 0.273. The number of aliphatic hydroxyl groups is 1. The highest BCUT2D eigenvalue weighted by Gasteiger charge is 2.07. The zero-order chi connectivity index (χ0) is 11.5. The maximum atomic E-state index is 9.13. The first-order chi connectivity index (χ1) is 7.70. The van der Waals surface area contributed by atoms with Gasteiger partial charge in [0, 0.05) is 31.1 Å². The van der Waals surface area contributed by atoms with Crippen molar-refractivity contribution in [1.82, 2.24) is 14.8 Å². The van der Waals surface area contributed by atoms with Crippen LogP contribution in [0.2, 0.25) is 0 Å². The predicted octanol–water partition coefficient (Wildman–Crippen LogP) is 1.41. The first-order valence-electron chi connectivity index (χ1n) is 4.93. The van der Waals surface area contributed by atoms with Crippen LogP contribution in [0.15, 0.2) is 24.5 Å². The zero-order valence-corrected chi connectivity index (χ0v) is 9.21. The van der Waals surface area contributed by atoms with E-state index in [0.717, 1.165) is 5.69 Å². The van der Waals surface area contributed by atoms with E-state index in [-0.39, 0.29) is 6.61 Å². The summed E-state index contributed by atoms with van der Waals surface area (Å²) in [7, 11) is 1.81. The van der Waals surface area contributed by atoms with Crippen molar-refractivity contribution in [3.05, 3.63) is 35.8 Å². The molecule has 0 saturated heterocycles. The maximum Gasteiger partial charge on any atom is 0.217 e. The quantitative estimate of drug-likeness (QED) is 0.847. The Morgan fingerprint density at radius 2 is 2.31 bits per heavy atom. The number of aromatic nitrogens is 3. The molecular weight excluding hydrogens is 206 g/mol. The molecule has 84 valence electrons. The molecule has 0 aliphatic rings.